The van der Waals surface area contributed by atoms with Crippen molar-refractivity contribution in [2.45, 2.75) is 39.7 Å². The van der Waals surface area contributed by atoms with Crippen molar-refractivity contribution < 1.29 is 9.59 Å². The highest BCUT2D eigenvalue weighted by Gasteiger charge is 2.29. The van der Waals surface area contributed by atoms with Crippen LogP contribution in [-0.4, -0.2) is 28.1 Å². The molecule has 2 N–H and O–H groups in total. The molecule has 0 bridgehead atoms. The third kappa shape index (κ3) is 4.68. The van der Waals surface area contributed by atoms with E-state index in [2.05, 4.69) is 15.7 Å². The number of carbonyl (C=O) groups excluding carboxylic acids is 2. The Balaban J connectivity index is 1.43. The second-order valence-electron chi connectivity index (χ2n) is 6.60. The Hall–Kier alpha value is -2.63. The maximum atomic E-state index is 12.2. The van der Waals surface area contributed by atoms with Gasteiger partial charge in [-0.05, 0) is 63.4 Å². The Kier molecular flexibility index (Phi) is 5.16. The topological polar surface area (TPSA) is 76.0 Å². The highest BCUT2D eigenvalue weighted by Crippen LogP contribution is 2.30. The van der Waals surface area contributed by atoms with Crippen LogP contribution >= 0.6 is 0 Å². The van der Waals surface area contributed by atoms with Crippen molar-refractivity contribution >= 4 is 17.5 Å². The summed E-state index contributed by atoms with van der Waals surface area (Å²) < 4.78 is 1.96. The van der Waals surface area contributed by atoms with Crippen molar-refractivity contribution in [2.24, 2.45) is 5.92 Å². The van der Waals surface area contributed by atoms with Gasteiger partial charge in [0.25, 0.3) is 5.91 Å². The van der Waals surface area contributed by atoms with Crippen molar-refractivity contribution in [3.63, 3.8) is 0 Å². The van der Waals surface area contributed by atoms with E-state index in [-0.39, 0.29) is 17.7 Å². The Morgan fingerprint density at radius 1 is 1.20 bits per heavy atom. The van der Waals surface area contributed by atoms with Gasteiger partial charge in [0, 0.05) is 36.0 Å². The van der Waals surface area contributed by atoms with E-state index in [1.54, 1.807) is 24.3 Å². The third-order valence-electron chi connectivity index (χ3n) is 4.30. The molecular weight excluding hydrogens is 316 g/mol. The van der Waals surface area contributed by atoms with Crippen LogP contribution in [0, 0.1) is 19.8 Å². The lowest BCUT2D eigenvalue weighted by molar-refractivity contribution is -0.117. The van der Waals surface area contributed by atoms with E-state index >= 15 is 0 Å². The molecule has 0 atom stereocenters. The standard InChI is InChI=1S/C19H24N4O2/c1-13-12-14(2)23(22-13)11-3-10-20-18(24)15-6-8-17(9-7-15)21-19(25)16-4-5-16/h6-9,12,16H,3-5,10-11H2,1-2H3,(H,20,24)(H,21,25). The van der Waals surface area contributed by atoms with Gasteiger partial charge in [-0.1, -0.05) is 0 Å². The third-order valence-corrected chi connectivity index (χ3v) is 4.30. The molecule has 1 aliphatic carbocycles. The number of nitrogens with zero attached hydrogens (tertiary/aromatic N) is 2. The van der Waals surface area contributed by atoms with Gasteiger partial charge in [-0.25, -0.2) is 0 Å². The molecular formula is C19H24N4O2. The number of amides is 2. The van der Waals surface area contributed by atoms with Crippen LogP contribution in [0.1, 0.15) is 41.0 Å². The molecule has 6 nitrogen and oxygen atoms in total. The number of benzene rings is 1. The number of hydrogen-bond acceptors (Lipinski definition) is 3. The highest BCUT2D eigenvalue weighted by atomic mass is 16.2. The predicted octanol–water partition coefficient (Wildman–Crippen LogP) is 2.67. The summed E-state index contributed by atoms with van der Waals surface area (Å²) >= 11 is 0. The first-order chi connectivity index (χ1) is 12.0. The van der Waals surface area contributed by atoms with Crippen molar-refractivity contribution in [2.75, 3.05) is 11.9 Å². The number of anilines is 1. The molecule has 132 valence electrons. The van der Waals surface area contributed by atoms with E-state index in [1.165, 1.54) is 0 Å². The van der Waals surface area contributed by atoms with E-state index in [0.29, 0.717) is 12.1 Å². The molecule has 0 unspecified atom stereocenters. The first kappa shape index (κ1) is 17.2. The molecule has 1 aliphatic rings. The minimum atomic E-state index is -0.103. The second-order valence-corrected chi connectivity index (χ2v) is 6.60. The van der Waals surface area contributed by atoms with Crippen molar-refractivity contribution in [3.8, 4) is 0 Å². The van der Waals surface area contributed by atoms with Crippen molar-refractivity contribution in [3.05, 3.63) is 47.3 Å². The summed E-state index contributed by atoms with van der Waals surface area (Å²) in [7, 11) is 0. The first-order valence-corrected chi connectivity index (χ1v) is 8.73. The van der Waals surface area contributed by atoms with Crippen LogP contribution in [0.4, 0.5) is 5.69 Å². The average Bonchev–Trinajstić information content (AvgIpc) is 3.38. The summed E-state index contributed by atoms with van der Waals surface area (Å²) in [6.07, 6.45) is 2.77. The summed E-state index contributed by atoms with van der Waals surface area (Å²) in [5, 5.41) is 10.2. The quantitative estimate of drug-likeness (QED) is 0.761. The molecule has 1 heterocycles. The lowest BCUT2D eigenvalue weighted by Crippen LogP contribution is -2.25. The lowest BCUT2D eigenvalue weighted by Gasteiger charge is -2.08. The molecule has 25 heavy (non-hydrogen) atoms. The van der Waals surface area contributed by atoms with Gasteiger partial charge < -0.3 is 10.6 Å². The van der Waals surface area contributed by atoms with E-state index < -0.39 is 0 Å². The van der Waals surface area contributed by atoms with E-state index in [1.807, 2.05) is 24.6 Å². The zero-order valence-electron chi connectivity index (χ0n) is 14.7. The van der Waals surface area contributed by atoms with Crippen LogP contribution < -0.4 is 10.6 Å². The summed E-state index contributed by atoms with van der Waals surface area (Å²) in [6, 6.07) is 9.05. The van der Waals surface area contributed by atoms with Crippen LogP contribution in [0.5, 0.6) is 0 Å². The van der Waals surface area contributed by atoms with Crippen LogP contribution in [0.2, 0.25) is 0 Å². The van der Waals surface area contributed by atoms with Crippen LogP contribution in [-0.2, 0) is 11.3 Å². The van der Waals surface area contributed by atoms with Crippen LogP contribution in [0.3, 0.4) is 0 Å². The molecule has 6 heteroatoms. The SMILES string of the molecule is Cc1cc(C)n(CCCNC(=O)c2ccc(NC(=O)C3CC3)cc2)n1. The number of rotatable bonds is 7. The van der Waals surface area contributed by atoms with Gasteiger partial charge in [0.1, 0.15) is 0 Å². The summed E-state index contributed by atoms with van der Waals surface area (Å²) in [5.74, 6) is 0.139. The molecule has 2 amide bonds. The van der Waals surface area contributed by atoms with Gasteiger partial charge in [-0.2, -0.15) is 5.10 Å². The van der Waals surface area contributed by atoms with E-state index in [4.69, 9.17) is 0 Å². The van der Waals surface area contributed by atoms with Crippen molar-refractivity contribution in [1.82, 2.24) is 15.1 Å². The summed E-state index contributed by atoms with van der Waals surface area (Å²) in [6.45, 7) is 5.38. The largest absolute Gasteiger partial charge is 0.352 e. The van der Waals surface area contributed by atoms with Crippen LogP contribution in [0.15, 0.2) is 30.3 Å². The maximum Gasteiger partial charge on any atom is 0.251 e. The number of nitrogens with one attached hydrogen (secondary N) is 2. The predicted molar refractivity (Wildman–Crippen MR) is 96.4 cm³/mol. The number of carbonyl (C=O) groups is 2. The number of hydrogen-bond donors (Lipinski definition) is 2. The van der Waals surface area contributed by atoms with Gasteiger partial charge in [0.15, 0.2) is 0 Å². The Morgan fingerprint density at radius 3 is 2.52 bits per heavy atom. The van der Waals surface area contributed by atoms with Gasteiger partial charge in [-0.3, -0.25) is 14.3 Å². The molecule has 1 aromatic carbocycles. The number of aryl methyl sites for hydroxylation is 3. The molecule has 3 rings (SSSR count). The zero-order valence-corrected chi connectivity index (χ0v) is 14.7. The van der Waals surface area contributed by atoms with E-state index in [0.717, 1.165) is 42.9 Å². The fourth-order valence-corrected chi connectivity index (χ4v) is 2.73. The monoisotopic (exact) mass is 340 g/mol. The fourth-order valence-electron chi connectivity index (χ4n) is 2.73. The van der Waals surface area contributed by atoms with Crippen LogP contribution in [0.25, 0.3) is 0 Å². The Labute approximate surface area is 147 Å². The van der Waals surface area contributed by atoms with Gasteiger partial charge in [0.2, 0.25) is 5.91 Å². The molecule has 0 spiro atoms. The van der Waals surface area contributed by atoms with E-state index in [9.17, 15) is 9.59 Å². The molecule has 1 saturated carbocycles. The van der Waals surface area contributed by atoms with Gasteiger partial charge in [-0.15, -0.1) is 0 Å². The Bertz CT molecular complexity index is 760. The molecule has 0 saturated heterocycles. The normalized spacial score (nSPS) is 13.5. The molecule has 0 radical (unpaired) electrons. The minimum absolute atomic E-state index is 0.0707. The van der Waals surface area contributed by atoms with Gasteiger partial charge >= 0.3 is 0 Å². The van der Waals surface area contributed by atoms with Gasteiger partial charge in [0.05, 0.1) is 5.69 Å². The highest BCUT2D eigenvalue weighted by molar-refractivity contribution is 5.96. The average molecular weight is 340 g/mol. The van der Waals surface area contributed by atoms with Crippen molar-refractivity contribution in [1.29, 1.82) is 0 Å². The maximum absolute atomic E-state index is 12.2. The Morgan fingerprint density at radius 2 is 1.92 bits per heavy atom. The molecule has 0 aliphatic heterocycles. The fraction of sp³-hybridized carbons (Fsp3) is 0.421. The number of aromatic nitrogens is 2. The lowest BCUT2D eigenvalue weighted by atomic mass is 10.2. The minimum Gasteiger partial charge on any atom is -0.352 e. The molecule has 1 aromatic heterocycles. The smallest absolute Gasteiger partial charge is 0.251 e. The summed E-state index contributed by atoms with van der Waals surface area (Å²) in [5.41, 5.74) is 3.47. The molecule has 2 aromatic rings. The second kappa shape index (κ2) is 7.51. The molecule has 1 fully saturated rings. The first-order valence-electron chi connectivity index (χ1n) is 8.73. The summed E-state index contributed by atoms with van der Waals surface area (Å²) in [4.78, 5) is 23.9. The zero-order chi connectivity index (χ0) is 17.8.